The summed E-state index contributed by atoms with van der Waals surface area (Å²) >= 11 is 0. The Bertz CT molecular complexity index is 632. The van der Waals surface area contributed by atoms with Crippen LogP contribution in [0.1, 0.15) is 19.5 Å². The highest BCUT2D eigenvalue weighted by Gasteiger charge is 2.20. The fraction of sp³-hybridized carbons (Fsp3) is 0.500. The molecule has 0 aliphatic heterocycles. The van der Waals surface area contributed by atoms with Crippen molar-refractivity contribution >= 4 is 22.6 Å². The van der Waals surface area contributed by atoms with Crippen LogP contribution < -0.4 is 11.1 Å². The second-order valence-electron chi connectivity index (χ2n) is 5.38. The van der Waals surface area contributed by atoms with Crippen molar-refractivity contribution in [2.24, 2.45) is 24.6 Å². The number of nitrogens with two attached hydrogens (primary N) is 1. The van der Waals surface area contributed by atoms with Gasteiger partial charge in [-0.25, -0.2) is 4.98 Å². The van der Waals surface area contributed by atoms with Crippen molar-refractivity contribution in [1.29, 1.82) is 0 Å². The van der Waals surface area contributed by atoms with Crippen molar-refractivity contribution in [3.8, 4) is 0 Å². The summed E-state index contributed by atoms with van der Waals surface area (Å²) in [6, 6.07) is 1.90. The van der Waals surface area contributed by atoms with Crippen LogP contribution in [0.3, 0.4) is 0 Å². The van der Waals surface area contributed by atoms with E-state index in [1.807, 2.05) is 33.9 Å². The number of hydrogen-bond donors (Lipinski definition) is 2. The molecule has 3 N–H and O–H groups in total. The highest BCUT2D eigenvalue weighted by atomic mass is 16.1. The van der Waals surface area contributed by atoms with Gasteiger partial charge in [0.25, 0.3) is 0 Å². The standard InChI is InChI=1S/C14H21N5O/c1-8(2)12(6-15)14(20)17-10-5-11-9(3)18-19(4)13(11)16-7-10/h5,7-8,12H,6,15H2,1-4H3,(H,17,20). The number of nitrogens with one attached hydrogen (secondary N) is 1. The number of hydrogen-bond acceptors (Lipinski definition) is 4. The van der Waals surface area contributed by atoms with Crippen molar-refractivity contribution in [2.75, 3.05) is 11.9 Å². The molecule has 1 atom stereocenters. The minimum atomic E-state index is -0.194. The molecule has 6 nitrogen and oxygen atoms in total. The van der Waals surface area contributed by atoms with Gasteiger partial charge in [-0.1, -0.05) is 13.8 Å². The quantitative estimate of drug-likeness (QED) is 0.884. The smallest absolute Gasteiger partial charge is 0.229 e. The maximum Gasteiger partial charge on any atom is 0.229 e. The number of rotatable bonds is 4. The normalized spacial score (nSPS) is 12.9. The van der Waals surface area contributed by atoms with Crippen LogP contribution in [0.5, 0.6) is 0 Å². The lowest BCUT2D eigenvalue weighted by atomic mass is 9.95. The molecule has 0 radical (unpaired) electrons. The van der Waals surface area contributed by atoms with E-state index in [0.717, 1.165) is 16.7 Å². The molecule has 2 heterocycles. The highest BCUT2D eigenvalue weighted by Crippen LogP contribution is 2.20. The summed E-state index contributed by atoms with van der Waals surface area (Å²) in [7, 11) is 1.85. The fourth-order valence-electron chi connectivity index (χ4n) is 2.29. The third-order valence-corrected chi connectivity index (χ3v) is 3.53. The van der Waals surface area contributed by atoms with Gasteiger partial charge in [0, 0.05) is 19.0 Å². The van der Waals surface area contributed by atoms with E-state index in [1.54, 1.807) is 10.9 Å². The average Bonchev–Trinajstić information content (AvgIpc) is 2.65. The van der Waals surface area contributed by atoms with Crippen molar-refractivity contribution in [3.63, 3.8) is 0 Å². The number of fused-ring (bicyclic) bond motifs is 1. The Morgan fingerprint density at radius 1 is 1.50 bits per heavy atom. The second-order valence-corrected chi connectivity index (χ2v) is 5.38. The van der Waals surface area contributed by atoms with Crippen LogP contribution >= 0.6 is 0 Å². The average molecular weight is 275 g/mol. The third kappa shape index (κ3) is 2.65. The largest absolute Gasteiger partial charge is 0.330 e. The molecule has 0 aliphatic rings. The number of nitrogens with zero attached hydrogens (tertiary/aromatic N) is 3. The third-order valence-electron chi connectivity index (χ3n) is 3.53. The molecule has 108 valence electrons. The zero-order valence-electron chi connectivity index (χ0n) is 12.3. The molecular weight excluding hydrogens is 254 g/mol. The summed E-state index contributed by atoms with van der Waals surface area (Å²) in [6.45, 7) is 6.24. The number of carbonyl (C=O) groups excluding carboxylic acids is 1. The minimum absolute atomic E-state index is 0.0646. The molecule has 1 unspecified atom stereocenters. The lowest BCUT2D eigenvalue weighted by Crippen LogP contribution is -2.33. The van der Waals surface area contributed by atoms with Gasteiger partial charge in [0.2, 0.25) is 5.91 Å². The number of aryl methyl sites for hydroxylation is 2. The number of amides is 1. The molecule has 0 aliphatic carbocycles. The Morgan fingerprint density at radius 3 is 2.80 bits per heavy atom. The SMILES string of the molecule is Cc1nn(C)c2ncc(NC(=O)C(CN)C(C)C)cc12. The van der Waals surface area contributed by atoms with E-state index in [0.29, 0.717) is 12.2 Å². The number of anilines is 1. The van der Waals surface area contributed by atoms with Gasteiger partial charge < -0.3 is 11.1 Å². The lowest BCUT2D eigenvalue weighted by molar-refractivity contribution is -0.120. The summed E-state index contributed by atoms with van der Waals surface area (Å²) in [4.78, 5) is 16.5. The molecule has 0 aromatic carbocycles. The Morgan fingerprint density at radius 2 is 2.20 bits per heavy atom. The van der Waals surface area contributed by atoms with Crippen molar-refractivity contribution in [3.05, 3.63) is 18.0 Å². The Labute approximate surface area is 118 Å². The summed E-state index contributed by atoms with van der Waals surface area (Å²) in [5.74, 6) is -0.0531. The fourth-order valence-corrected chi connectivity index (χ4v) is 2.29. The summed E-state index contributed by atoms with van der Waals surface area (Å²) < 4.78 is 1.73. The molecule has 1 amide bonds. The number of carbonyl (C=O) groups is 1. The maximum absolute atomic E-state index is 12.2. The number of pyridine rings is 1. The van der Waals surface area contributed by atoms with Gasteiger partial charge in [-0.05, 0) is 18.9 Å². The first-order valence-electron chi connectivity index (χ1n) is 6.74. The second kappa shape index (κ2) is 5.58. The molecule has 2 rings (SSSR count). The highest BCUT2D eigenvalue weighted by molar-refractivity contribution is 5.94. The van der Waals surface area contributed by atoms with Crippen molar-refractivity contribution in [1.82, 2.24) is 14.8 Å². The molecule has 0 fully saturated rings. The van der Waals surface area contributed by atoms with E-state index in [9.17, 15) is 4.79 Å². The van der Waals surface area contributed by atoms with E-state index >= 15 is 0 Å². The van der Waals surface area contributed by atoms with Gasteiger partial charge in [0.1, 0.15) is 0 Å². The lowest BCUT2D eigenvalue weighted by Gasteiger charge is -2.18. The first kappa shape index (κ1) is 14.5. The van der Waals surface area contributed by atoms with Crippen LogP contribution in [0, 0.1) is 18.8 Å². The van der Waals surface area contributed by atoms with Gasteiger partial charge in [-0.15, -0.1) is 0 Å². The monoisotopic (exact) mass is 275 g/mol. The molecule has 2 aromatic heterocycles. The molecule has 6 heteroatoms. The van der Waals surface area contributed by atoms with E-state index in [1.165, 1.54) is 0 Å². The van der Waals surface area contributed by atoms with E-state index in [4.69, 9.17) is 5.73 Å². The molecule has 0 saturated heterocycles. The molecule has 20 heavy (non-hydrogen) atoms. The van der Waals surface area contributed by atoms with E-state index in [-0.39, 0.29) is 17.7 Å². The van der Waals surface area contributed by atoms with Crippen LogP contribution in [-0.4, -0.2) is 27.2 Å². The molecule has 0 spiro atoms. The zero-order chi connectivity index (χ0) is 14.9. The first-order chi connectivity index (χ1) is 9.43. The van der Waals surface area contributed by atoms with Crippen molar-refractivity contribution < 1.29 is 4.79 Å². The molecule has 0 saturated carbocycles. The van der Waals surface area contributed by atoms with Crippen LogP contribution in [0.2, 0.25) is 0 Å². The summed E-state index contributed by atoms with van der Waals surface area (Å²) in [5.41, 5.74) is 8.03. The number of aromatic nitrogens is 3. The van der Waals surface area contributed by atoms with E-state index < -0.39 is 0 Å². The molecular formula is C14H21N5O. The van der Waals surface area contributed by atoms with Crippen LogP contribution in [0.15, 0.2) is 12.3 Å². The summed E-state index contributed by atoms with van der Waals surface area (Å²) in [5, 5.41) is 8.14. The van der Waals surface area contributed by atoms with Crippen LogP contribution in [-0.2, 0) is 11.8 Å². The predicted octanol–water partition coefficient (Wildman–Crippen LogP) is 1.45. The predicted molar refractivity (Wildman–Crippen MR) is 79.3 cm³/mol. The Hall–Kier alpha value is -1.95. The van der Waals surface area contributed by atoms with Crippen LogP contribution in [0.25, 0.3) is 11.0 Å². The minimum Gasteiger partial charge on any atom is -0.330 e. The van der Waals surface area contributed by atoms with Gasteiger partial charge in [0.15, 0.2) is 5.65 Å². The summed E-state index contributed by atoms with van der Waals surface area (Å²) in [6.07, 6.45) is 1.65. The first-order valence-corrected chi connectivity index (χ1v) is 6.74. The Kier molecular flexibility index (Phi) is 4.04. The van der Waals surface area contributed by atoms with Gasteiger partial charge in [-0.3, -0.25) is 9.48 Å². The topological polar surface area (TPSA) is 85.8 Å². The van der Waals surface area contributed by atoms with Gasteiger partial charge >= 0.3 is 0 Å². The molecule has 0 bridgehead atoms. The zero-order valence-corrected chi connectivity index (χ0v) is 12.3. The Balaban J connectivity index is 2.26. The van der Waals surface area contributed by atoms with E-state index in [2.05, 4.69) is 15.4 Å². The van der Waals surface area contributed by atoms with Gasteiger partial charge in [0.05, 0.1) is 23.5 Å². The molecule has 2 aromatic rings. The maximum atomic E-state index is 12.2. The van der Waals surface area contributed by atoms with Gasteiger partial charge in [-0.2, -0.15) is 5.10 Å². The van der Waals surface area contributed by atoms with Crippen LogP contribution in [0.4, 0.5) is 5.69 Å². The van der Waals surface area contributed by atoms with Crippen molar-refractivity contribution in [2.45, 2.75) is 20.8 Å².